The van der Waals surface area contributed by atoms with E-state index in [1.807, 2.05) is 0 Å². The maximum absolute atomic E-state index is 13.4. The first-order valence-corrected chi connectivity index (χ1v) is 7.07. The van der Waals surface area contributed by atoms with Crippen LogP contribution in [0.1, 0.15) is 39.2 Å². The van der Waals surface area contributed by atoms with E-state index in [4.69, 9.17) is 9.47 Å². The average Bonchev–Trinajstić information content (AvgIpc) is 2.37. The molecule has 20 heavy (non-hydrogen) atoms. The van der Waals surface area contributed by atoms with Gasteiger partial charge in [0.15, 0.2) is 0 Å². The van der Waals surface area contributed by atoms with Gasteiger partial charge in [0.25, 0.3) is 0 Å². The molecule has 0 amide bonds. The van der Waals surface area contributed by atoms with Gasteiger partial charge in [-0.25, -0.2) is 4.39 Å². The van der Waals surface area contributed by atoms with Crippen molar-refractivity contribution < 1.29 is 13.9 Å². The van der Waals surface area contributed by atoms with Crippen LogP contribution in [0.4, 0.5) is 4.39 Å². The van der Waals surface area contributed by atoms with E-state index in [2.05, 4.69) is 26.1 Å². The number of hydrogen-bond acceptors (Lipinski definition) is 3. The summed E-state index contributed by atoms with van der Waals surface area (Å²) in [4.78, 5) is 0. The van der Waals surface area contributed by atoms with E-state index in [0.717, 1.165) is 30.8 Å². The van der Waals surface area contributed by atoms with Gasteiger partial charge in [-0.05, 0) is 51.8 Å². The predicted molar refractivity (Wildman–Crippen MR) is 79.6 cm³/mol. The third-order valence-electron chi connectivity index (χ3n) is 2.83. The Hall–Kier alpha value is -1.13. The summed E-state index contributed by atoms with van der Waals surface area (Å²) in [7, 11) is 1.69. The predicted octanol–water partition coefficient (Wildman–Crippen LogP) is 3.52. The van der Waals surface area contributed by atoms with Crippen LogP contribution in [0.25, 0.3) is 0 Å². The SMILES string of the molecule is COCCCCOc1ccc(F)cc1CNC(C)(C)C. The number of unbranched alkanes of at least 4 members (excludes halogenated alkanes) is 1. The van der Waals surface area contributed by atoms with Gasteiger partial charge in [-0.15, -0.1) is 0 Å². The molecule has 0 aliphatic heterocycles. The monoisotopic (exact) mass is 283 g/mol. The van der Waals surface area contributed by atoms with Crippen LogP contribution in [0, 0.1) is 5.82 Å². The molecule has 0 atom stereocenters. The molecule has 114 valence electrons. The lowest BCUT2D eigenvalue weighted by Crippen LogP contribution is -2.35. The molecule has 1 aromatic carbocycles. The third kappa shape index (κ3) is 6.87. The van der Waals surface area contributed by atoms with Gasteiger partial charge < -0.3 is 14.8 Å². The van der Waals surface area contributed by atoms with Crippen molar-refractivity contribution in [3.05, 3.63) is 29.6 Å². The fourth-order valence-electron chi connectivity index (χ4n) is 1.72. The molecule has 0 aromatic heterocycles. The Morgan fingerprint density at radius 2 is 1.85 bits per heavy atom. The lowest BCUT2D eigenvalue weighted by atomic mass is 10.1. The number of ether oxygens (including phenoxy) is 2. The van der Waals surface area contributed by atoms with Crippen LogP contribution < -0.4 is 10.1 Å². The molecule has 0 bridgehead atoms. The number of rotatable bonds is 8. The molecular formula is C16H26FNO2. The molecule has 0 aliphatic rings. The van der Waals surface area contributed by atoms with Crippen LogP contribution in [0.5, 0.6) is 5.75 Å². The Kier molecular flexibility index (Phi) is 6.96. The second kappa shape index (κ2) is 8.22. The minimum atomic E-state index is -0.234. The minimum absolute atomic E-state index is 0.0119. The molecule has 1 N–H and O–H groups in total. The Bertz CT molecular complexity index is 402. The molecule has 0 spiro atoms. The summed E-state index contributed by atoms with van der Waals surface area (Å²) in [6.45, 7) is 8.20. The maximum Gasteiger partial charge on any atom is 0.123 e. The summed E-state index contributed by atoms with van der Waals surface area (Å²) in [6, 6.07) is 4.67. The highest BCUT2D eigenvalue weighted by atomic mass is 19.1. The Morgan fingerprint density at radius 3 is 2.50 bits per heavy atom. The zero-order valence-electron chi connectivity index (χ0n) is 13.0. The second-order valence-corrected chi connectivity index (χ2v) is 5.90. The van der Waals surface area contributed by atoms with Crippen molar-refractivity contribution in [2.75, 3.05) is 20.3 Å². The molecule has 0 unspecified atom stereocenters. The van der Waals surface area contributed by atoms with Crippen molar-refractivity contribution >= 4 is 0 Å². The molecule has 3 nitrogen and oxygen atoms in total. The molecule has 1 aromatic rings. The second-order valence-electron chi connectivity index (χ2n) is 5.90. The highest BCUT2D eigenvalue weighted by Gasteiger charge is 2.11. The number of hydrogen-bond donors (Lipinski definition) is 1. The zero-order chi connectivity index (χ0) is 15.0. The molecule has 1 rings (SSSR count). The van der Waals surface area contributed by atoms with Gasteiger partial charge in [-0.2, -0.15) is 0 Å². The van der Waals surface area contributed by atoms with Crippen molar-refractivity contribution in [2.24, 2.45) is 0 Å². The van der Waals surface area contributed by atoms with Gasteiger partial charge in [0.1, 0.15) is 11.6 Å². The van der Waals surface area contributed by atoms with Gasteiger partial charge in [0.2, 0.25) is 0 Å². The van der Waals surface area contributed by atoms with E-state index in [1.54, 1.807) is 13.2 Å². The summed E-state index contributed by atoms with van der Waals surface area (Å²) in [5, 5.41) is 3.35. The smallest absolute Gasteiger partial charge is 0.123 e. The summed E-state index contributed by atoms with van der Waals surface area (Å²) < 4.78 is 24.1. The van der Waals surface area contributed by atoms with Gasteiger partial charge >= 0.3 is 0 Å². The van der Waals surface area contributed by atoms with Crippen molar-refractivity contribution in [2.45, 2.75) is 45.7 Å². The Labute approximate surface area is 121 Å². The number of nitrogens with one attached hydrogen (secondary N) is 1. The largest absolute Gasteiger partial charge is 0.493 e. The number of methoxy groups -OCH3 is 1. The molecule has 0 heterocycles. The third-order valence-corrected chi connectivity index (χ3v) is 2.83. The van der Waals surface area contributed by atoms with Crippen LogP contribution in [0.3, 0.4) is 0 Å². The highest BCUT2D eigenvalue weighted by Crippen LogP contribution is 2.21. The van der Waals surface area contributed by atoms with Crippen molar-refractivity contribution in [1.29, 1.82) is 0 Å². The lowest BCUT2D eigenvalue weighted by molar-refractivity contribution is 0.184. The van der Waals surface area contributed by atoms with Crippen LogP contribution in [0.2, 0.25) is 0 Å². The van der Waals surface area contributed by atoms with E-state index in [9.17, 15) is 4.39 Å². The molecule has 0 saturated carbocycles. The molecule has 0 radical (unpaired) electrons. The molecule has 0 saturated heterocycles. The Balaban J connectivity index is 2.56. The fourth-order valence-corrected chi connectivity index (χ4v) is 1.72. The fraction of sp³-hybridized carbons (Fsp3) is 0.625. The number of halogens is 1. The van der Waals surface area contributed by atoms with E-state index in [1.165, 1.54) is 12.1 Å². The summed E-state index contributed by atoms with van der Waals surface area (Å²) >= 11 is 0. The van der Waals surface area contributed by atoms with Crippen LogP contribution >= 0.6 is 0 Å². The normalized spacial score (nSPS) is 11.7. The first-order valence-electron chi connectivity index (χ1n) is 7.07. The van der Waals surface area contributed by atoms with Gasteiger partial charge in [-0.3, -0.25) is 0 Å². The highest BCUT2D eigenvalue weighted by molar-refractivity contribution is 5.34. The van der Waals surface area contributed by atoms with E-state index in [0.29, 0.717) is 13.2 Å². The molecular weight excluding hydrogens is 257 g/mol. The van der Waals surface area contributed by atoms with Crippen molar-refractivity contribution in [3.63, 3.8) is 0 Å². The standard InChI is InChI=1S/C16H26FNO2/c1-16(2,3)18-12-13-11-14(17)7-8-15(13)20-10-6-5-9-19-4/h7-8,11,18H,5-6,9-10,12H2,1-4H3. The summed E-state index contributed by atoms with van der Waals surface area (Å²) in [5.74, 6) is 0.517. The van der Waals surface area contributed by atoms with Gasteiger partial charge in [-0.1, -0.05) is 0 Å². The average molecular weight is 283 g/mol. The summed E-state index contributed by atoms with van der Waals surface area (Å²) in [6.07, 6.45) is 1.89. The number of benzene rings is 1. The van der Waals surface area contributed by atoms with Crippen molar-refractivity contribution in [1.82, 2.24) is 5.32 Å². The first kappa shape index (κ1) is 16.9. The molecule has 4 heteroatoms. The van der Waals surface area contributed by atoms with Gasteiger partial charge in [0, 0.05) is 31.4 Å². The van der Waals surface area contributed by atoms with Crippen molar-refractivity contribution in [3.8, 4) is 5.75 Å². The maximum atomic E-state index is 13.4. The first-order chi connectivity index (χ1) is 9.42. The minimum Gasteiger partial charge on any atom is -0.493 e. The van der Waals surface area contributed by atoms with E-state index in [-0.39, 0.29) is 11.4 Å². The lowest BCUT2D eigenvalue weighted by Gasteiger charge is -2.21. The zero-order valence-corrected chi connectivity index (χ0v) is 13.0. The Morgan fingerprint density at radius 1 is 1.15 bits per heavy atom. The molecule has 0 fully saturated rings. The van der Waals surface area contributed by atoms with Crippen LogP contribution in [-0.4, -0.2) is 25.9 Å². The van der Waals surface area contributed by atoms with Crippen LogP contribution in [-0.2, 0) is 11.3 Å². The molecule has 0 aliphatic carbocycles. The van der Waals surface area contributed by atoms with Crippen LogP contribution in [0.15, 0.2) is 18.2 Å². The van der Waals surface area contributed by atoms with Gasteiger partial charge in [0.05, 0.1) is 6.61 Å². The van der Waals surface area contributed by atoms with E-state index < -0.39 is 0 Å². The topological polar surface area (TPSA) is 30.5 Å². The summed E-state index contributed by atoms with van der Waals surface area (Å²) in [5.41, 5.74) is 0.842. The quantitative estimate of drug-likeness (QED) is 0.740. The van der Waals surface area contributed by atoms with E-state index >= 15 is 0 Å².